The maximum Gasteiger partial charge on any atom is 0.191 e. The predicted octanol–water partition coefficient (Wildman–Crippen LogP) is 3.50. The number of hydrogen-bond donors (Lipinski definition) is 2. The SMILES string of the molecule is CCNC(=NCc1ccc(-n2ccnc2C)nc1)NCC(C)c1cccs1. The number of nitrogens with one attached hydrogen (secondary N) is 2. The monoisotopic (exact) mass is 382 g/mol. The lowest BCUT2D eigenvalue weighted by molar-refractivity contribution is 0.709. The summed E-state index contributed by atoms with van der Waals surface area (Å²) in [6.45, 7) is 8.52. The number of hydrogen-bond acceptors (Lipinski definition) is 4. The number of thiophene rings is 1. The summed E-state index contributed by atoms with van der Waals surface area (Å²) < 4.78 is 1.96. The molecule has 6 nitrogen and oxygen atoms in total. The van der Waals surface area contributed by atoms with E-state index in [2.05, 4.69) is 63.0 Å². The molecule has 0 saturated heterocycles. The smallest absolute Gasteiger partial charge is 0.191 e. The van der Waals surface area contributed by atoms with Gasteiger partial charge in [-0.3, -0.25) is 4.57 Å². The van der Waals surface area contributed by atoms with Crippen molar-refractivity contribution in [2.75, 3.05) is 13.1 Å². The van der Waals surface area contributed by atoms with Crippen LogP contribution in [0.1, 0.15) is 36.0 Å². The quantitative estimate of drug-likeness (QED) is 0.485. The normalized spacial score (nSPS) is 12.8. The van der Waals surface area contributed by atoms with Crippen LogP contribution in [0, 0.1) is 6.92 Å². The van der Waals surface area contributed by atoms with Gasteiger partial charge in [-0.15, -0.1) is 11.3 Å². The third-order valence-corrected chi connectivity index (χ3v) is 5.35. The highest BCUT2D eigenvalue weighted by atomic mass is 32.1. The van der Waals surface area contributed by atoms with Gasteiger partial charge in [0.1, 0.15) is 11.6 Å². The lowest BCUT2D eigenvalue weighted by Gasteiger charge is -2.15. The highest BCUT2D eigenvalue weighted by molar-refractivity contribution is 7.10. The Kier molecular flexibility index (Phi) is 6.59. The second-order valence-corrected chi connectivity index (χ2v) is 7.34. The summed E-state index contributed by atoms with van der Waals surface area (Å²) in [5, 5.41) is 8.86. The number of pyridine rings is 1. The maximum absolute atomic E-state index is 4.69. The Morgan fingerprint density at radius 3 is 2.78 bits per heavy atom. The fourth-order valence-corrected chi connectivity index (χ4v) is 3.49. The minimum Gasteiger partial charge on any atom is -0.357 e. The van der Waals surface area contributed by atoms with Crippen LogP contribution in [0.2, 0.25) is 0 Å². The van der Waals surface area contributed by atoms with E-state index in [1.54, 1.807) is 17.5 Å². The molecule has 0 saturated carbocycles. The molecule has 3 rings (SSSR count). The van der Waals surface area contributed by atoms with Crippen LogP contribution in [0.3, 0.4) is 0 Å². The van der Waals surface area contributed by atoms with Crippen LogP contribution < -0.4 is 10.6 Å². The molecule has 0 aliphatic rings. The summed E-state index contributed by atoms with van der Waals surface area (Å²) in [5.41, 5.74) is 1.07. The van der Waals surface area contributed by atoms with Gasteiger partial charge >= 0.3 is 0 Å². The van der Waals surface area contributed by atoms with Crippen LogP contribution in [-0.2, 0) is 6.54 Å². The molecule has 142 valence electrons. The van der Waals surface area contributed by atoms with E-state index in [1.165, 1.54) is 4.88 Å². The van der Waals surface area contributed by atoms with E-state index in [9.17, 15) is 0 Å². The standard InChI is InChI=1S/C20H26N6S/c1-4-21-20(24-12-15(2)18-6-5-11-27-18)25-14-17-7-8-19(23-13-17)26-10-9-22-16(26)3/h5-11,13,15H,4,12,14H2,1-3H3,(H2,21,24,25). The average Bonchev–Trinajstić information content (AvgIpc) is 3.36. The molecule has 3 aromatic heterocycles. The van der Waals surface area contributed by atoms with Crippen molar-refractivity contribution in [3.8, 4) is 5.82 Å². The highest BCUT2D eigenvalue weighted by Gasteiger charge is 2.07. The predicted molar refractivity (Wildman–Crippen MR) is 112 cm³/mol. The van der Waals surface area contributed by atoms with Crippen molar-refractivity contribution >= 4 is 17.3 Å². The summed E-state index contributed by atoms with van der Waals surface area (Å²) in [6, 6.07) is 8.33. The van der Waals surface area contributed by atoms with Gasteiger partial charge in [0.25, 0.3) is 0 Å². The number of guanidine groups is 1. The molecular weight excluding hydrogens is 356 g/mol. The fraction of sp³-hybridized carbons (Fsp3) is 0.350. The third-order valence-electron chi connectivity index (χ3n) is 4.25. The Labute approximate surface area is 164 Å². The van der Waals surface area contributed by atoms with Gasteiger partial charge in [0.15, 0.2) is 5.96 Å². The molecule has 2 N–H and O–H groups in total. The molecule has 0 aliphatic heterocycles. The van der Waals surface area contributed by atoms with Crippen LogP contribution in [0.15, 0.2) is 53.2 Å². The zero-order valence-corrected chi connectivity index (χ0v) is 16.8. The van der Waals surface area contributed by atoms with Crippen LogP contribution in [-0.4, -0.2) is 33.6 Å². The van der Waals surface area contributed by atoms with E-state index >= 15 is 0 Å². The van der Waals surface area contributed by atoms with E-state index in [0.717, 1.165) is 36.3 Å². The molecular formula is C20H26N6S. The van der Waals surface area contributed by atoms with E-state index < -0.39 is 0 Å². The molecule has 1 unspecified atom stereocenters. The van der Waals surface area contributed by atoms with Gasteiger partial charge in [-0.1, -0.05) is 19.1 Å². The van der Waals surface area contributed by atoms with Crippen molar-refractivity contribution in [1.82, 2.24) is 25.2 Å². The minimum atomic E-state index is 0.452. The minimum absolute atomic E-state index is 0.452. The molecule has 0 bridgehead atoms. The zero-order valence-electron chi connectivity index (χ0n) is 16.0. The molecule has 0 aromatic carbocycles. The number of rotatable bonds is 7. The summed E-state index contributed by atoms with van der Waals surface area (Å²) in [5.74, 6) is 3.07. The Balaban J connectivity index is 1.60. The molecule has 1 atom stereocenters. The van der Waals surface area contributed by atoms with Crippen molar-refractivity contribution in [2.45, 2.75) is 33.2 Å². The Morgan fingerprint density at radius 2 is 2.15 bits per heavy atom. The molecule has 3 aromatic rings. The first-order chi connectivity index (χ1) is 13.2. The van der Waals surface area contributed by atoms with Gasteiger partial charge in [0.05, 0.1) is 6.54 Å². The summed E-state index contributed by atoms with van der Waals surface area (Å²) >= 11 is 1.79. The molecule has 27 heavy (non-hydrogen) atoms. The Morgan fingerprint density at radius 1 is 1.26 bits per heavy atom. The molecule has 0 radical (unpaired) electrons. The summed E-state index contributed by atoms with van der Waals surface area (Å²) in [7, 11) is 0. The van der Waals surface area contributed by atoms with Crippen LogP contribution in [0.4, 0.5) is 0 Å². The van der Waals surface area contributed by atoms with Crippen molar-refractivity contribution in [2.24, 2.45) is 4.99 Å². The van der Waals surface area contributed by atoms with E-state index in [4.69, 9.17) is 0 Å². The number of nitrogens with zero attached hydrogens (tertiary/aromatic N) is 4. The van der Waals surface area contributed by atoms with Gasteiger partial charge in [-0.2, -0.15) is 0 Å². The Hall–Kier alpha value is -2.67. The van der Waals surface area contributed by atoms with Gasteiger partial charge in [-0.25, -0.2) is 15.0 Å². The molecule has 0 aliphatic carbocycles. The van der Waals surface area contributed by atoms with Crippen molar-refractivity contribution in [3.63, 3.8) is 0 Å². The van der Waals surface area contributed by atoms with Gasteiger partial charge in [0.2, 0.25) is 0 Å². The van der Waals surface area contributed by atoms with Gasteiger partial charge < -0.3 is 10.6 Å². The lowest BCUT2D eigenvalue weighted by Crippen LogP contribution is -2.39. The first-order valence-corrected chi connectivity index (χ1v) is 10.1. The molecule has 7 heteroatoms. The van der Waals surface area contributed by atoms with E-state index in [1.807, 2.05) is 30.0 Å². The van der Waals surface area contributed by atoms with Crippen molar-refractivity contribution in [1.29, 1.82) is 0 Å². The van der Waals surface area contributed by atoms with Crippen LogP contribution in [0.5, 0.6) is 0 Å². The fourth-order valence-electron chi connectivity index (χ4n) is 2.71. The topological polar surface area (TPSA) is 67.1 Å². The Bertz CT molecular complexity index is 851. The third kappa shape index (κ3) is 5.17. The second-order valence-electron chi connectivity index (χ2n) is 6.36. The number of aryl methyl sites for hydroxylation is 1. The van der Waals surface area contributed by atoms with Crippen molar-refractivity contribution in [3.05, 3.63) is 64.5 Å². The molecule has 0 fully saturated rings. The first kappa shape index (κ1) is 19.1. The first-order valence-electron chi connectivity index (χ1n) is 9.18. The van der Waals surface area contributed by atoms with Gasteiger partial charge in [-0.05, 0) is 36.9 Å². The van der Waals surface area contributed by atoms with Crippen molar-refractivity contribution < 1.29 is 0 Å². The second kappa shape index (κ2) is 9.32. The number of imidazole rings is 1. The average molecular weight is 383 g/mol. The van der Waals surface area contributed by atoms with Crippen LogP contribution >= 0.6 is 11.3 Å². The zero-order chi connectivity index (χ0) is 19.1. The maximum atomic E-state index is 4.69. The largest absolute Gasteiger partial charge is 0.357 e. The van der Waals surface area contributed by atoms with E-state index in [-0.39, 0.29) is 0 Å². The number of aliphatic imine (C=N–C) groups is 1. The van der Waals surface area contributed by atoms with Crippen LogP contribution in [0.25, 0.3) is 5.82 Å². The lowest BCUT2D eigenvalue weighted by atomic mass is 10.1. The molecule has 0 spiro atoms. The van der Waals surface area contributed by atoms with E-state index in [0.29, 0.717) is 12.5 Å². The number of aromatic nitrogens is 3. The summed E-state index contributed by atoms with van der Waals surface area (Å²) in [6.07, 6.45) is 5.56. The molecule has 3 heterocycles. The summed E-state index contributed by atoms with van der Waals surface area (Å²) in [4.78, 5) is 14.8. The molecule has 0 amide bonds. The highest BCUT2D eigenvalue weighted by Crippen LogP contribution is 2.19. The van der Waals surface area contributed by atoms with Gasteiger partial charge in [0, 0.05) is 42.5 Å².